The molecule has 0 heterocycles. The number of allylic oxidation sites excluding steroid dienone is 3. The van der Waals surface area contributed by atoms with Crippen molar-refractivity contribution in [3.05, 3.63) is 36.1 Å². The molecule has 0 aromatic heterocycles. The number of carbonyl (C=O) groups excluding carboxylic acids is 1. The minimum atomic E-state index is -4.38. The van der Waals surface area contributed by atoms with E-state index in [-0.39, 0.29) is 36.4 Å². The summed E-state index contributed by atoms with van der Waals surface area (Å²) in [7, 11) is 0. The summed E-state index contributed by atoms with van der Waals surface area (Å²) >= 11 is 0. The van der Waals surface area contributed by atoms with Gasteiger partial charge in [-0.05, 0) is 37.2 Å². The van der Waals surface area contributed by atoms with Gasteiger partial charge in [0.25, 0.3) is 0 Å². The van der Waals surface area contributed by atoms with Crippen molar-refractivity contribution < 1.29 is 27.4 Å². The normalized spacial score (nSPS) is 14.9. The lowest BCUT2D eigenvalue weighted by Gasteiger charge is -2.18. The molecule has 2 unspecified atom stereocenters. The van der Waals surface area contributed by atoms with Crippen molar-refractivity contribution in [3.8, 4) is 0 Å². The van der Waals surface area contributed by atoms with E-state index in [0.29, 0.717) is 6.42 Å². The highest BCUT2D eigenvalue weighted by Gasteiger charge is 2.27. The Hall–Kier alpha value is -1.72. The van der Waals surface area contributed by atoms with Gasteiger partial charge in [0.05, 0.1) is 25.2 Å². The first-order chi connectivity index (χ1) is 14.1. The average Bonchev–Trinajstić information content (AvgIpc) is 2.67. The third-order valence-electron chi connectivity index (χ3n) is 4.60. The molecule has 0 saturated heterocycles. The van der Waals surface area contributed by atoms with Gasteiger partial charge in [0.2, 0.25) is 0 Å². The van der Waals surface area contributed by atoms with E-state index in [2.05, 4.69) is 13.5 Å². The molecule has 0 amide bonds. The van der Waals surface area contributed by atoms with Crippen molar-refractivity contribution in [2.24, 2.45) is 11.8 Å². The van der Waals surface area contributed by atoms with Crippen LogP contribution in [0.2, 0.25) is 0 Å². The summed E-state index contributed by atoms with van der Waals surface area (Å²) in [6.07, 6.45) is 4.86. The monoisotopic (exact) mass is 432 g/mol. The minimum Gasteiger partial charge on any atom is -0.493 e. The molecule has 0 aromatic rings. The molecule has 0 spiro atoms. The second kappa shape index (κ2) is 16.0. The van der Waals surface area contributed by atoms with E-state index < -0.39 is 18.6 Å². The summed E-state index contributed by atoms with van der Waals surface area (Å²) in [5.41, 5.74) is 0.0311. The second-order valence-electron chi connectivity index (χ2n) is 7.93. The molecular weight excluding hydrogens is 393 g/mol. The lowest BCUT2D eigenvalue weighted by atomic mass is 10.0. The standard InChI is InChI=1S/C24H39F3O3/c1-6-9-11-13-20(5)18-30-23(28)21(14-10-7-2)22(15-16-24(25,26)27)29-17-19(4)12-8-3/h7,14-15,19-20H,2,6,8-13,16-18H2,1,3-5H3/b21-14+,22-15+. The first kappa shape index (κ1) is 28.3. The Morgan fingerprint density at radius 3 is 2.17 bits per heavy atom. The van der Waals surface area contributed by atoms with E-state index in [1.165, 1.54) is 6.08 Å². The Balaban J connectivity index is 5.34. The molecule has 0 aliphatic carbocycles. The number of halogens is 3. The van der Waals surface area contributed by atoms with Crippen molar-refractivity contribution in [2.75, 3.05) is 13.2 Å². The van der Waals surface area contributed by atoms with Crippen LogP contribution in [-0.2, 0) is 14.3 Å². The van der Waals surface area contributed by atoms with Crippen LogP contribution in [0.3, 0.4) is 0 Å². The Morgan fingerprint density at radius 1 is 0.967 bits per heavy atom. The summed E-state index contributed by atoms with van der Waals surface area (Å²) in [5, 5.41) is 0. The van der Waals surface area contributed by atoms with Crippen LogP contribution in [0.1, 0.15) is 79.1 Å². The summed E-state index contributed by atoms with van der Waals surface area (Å²) in [6, 6.07) is 0. The molecule has 6 heteroatoms. The molecule has 30 heavy (non-hydrogen) atoms. The van der Waals surface area contributed by atoms with Crippen LogP contribution in [-0.4, -0.2) is 25.4 Å². The number of unbranched alkanes of at least 4 members (excludes halogenated alkanes) is 2. The van der Waals surface area contributed by atoms with Crippen LogP contribution in [0.5, 0.6) is 0 Å². The Morgan fingerprint density at radius 2 is 1.60 bits per heavy atom. The molecule has 0 fully saturated rings. The maximum absolute atomic E-state index is 12.8. The summed E-state index contributed by atoms with van der Waals surface area (Å²) in [5.74, 6) is -0.370. The third-order valence-corrected chi connectivity index (χ3v) is 4.60. The van der Waals surface area contributed by atoms with Crippen LogP contribution < -0.4 is 0 Å². The van der Waals surface area contributed by atoms with Gasteiger partial charge in [-0.25, -0.2) is 4.79 Å². The van der Waals surface area contributed by atoms with Crippen LogP contribution in [0.25, 0.3) is 0 Å². The number of alkyl halides is 3. The SMILES string of the molecule is C=CC/C=C(C(=O)OCC(C)CCCCC)\C(=C/CC(F)(F)F)OCC(C)CCC. The molecule has 0 aliphatic rings. The summed E-state index contributed by atoms with van der Waals surface area (Å²) < 4.78 is 49.5. The lowest BCUT2D eigenvalue weighted by molar-refractivity contribution is -0.140. The van der Waals surface area contributed by atoms with Gasteiger partial charge >= 0.3 is 12.1 Å². The number of carbonyl (C=O) groups is 1. The van der Waals surface area contributed by atoms with Crippen molar-refractivity contribution in [1.82, 2.24) is 0 Å². The van der Waals surface area contributed by atoms with Crippen LogP contribution in [0, 0.1) is 11.8 Å². The van der Waals surface area contributed by atoms with E-state index in [9.17, 15) is 18.0 Å². The largest absolute Gasteiger partial charge is 0.493 e. The van der Waals surface area contributed by atoms with Gasteiger partial charge in [-0.2, -0.15) is 13.2 Å². The summed E-state index contributed by atoms with van der Waals surface area (Å²) in [6.45, 7) is 12.2. The fourth-order valence-electron chi connectivity index (χ4n) is 2.87. The highest BCUT2D eigenvalue weighted by atomic mass is 19.4. The van der Waals surface area contributed by atoms with Gasteiger partial charge in [0, 0.05) is 0 Å². The summed E-state index contributed by atoms with van der Waals surface area (Å²) in [4.78, 5) is 12.7. The van der Waals surface area contributed by atoms with Gasteiger partial charge in [-0.1, -0.05) is 65.5 Å². The van der Waals surface area contributed by atoms with Crippen molar-refractivity contribution in [1.29, 1.82) is 0 Å². The van der Waals surface area contributed by atoms with E-state index in [1.807, 2.05) is 20.8 Å². The number of hydrogen-bond donors (Lipinski definition) is 0. The maximum Gasteiger partial charge on any atom is 0.392 e. The highest BCUT2D eigenvalue weighted by Crippen LogP contribution is 2.25. The molecule has 0 N–H and O–H groups in total. The van der Waals surface area contributed by atoms with E-state index >= 15 is 0 Å². The minimum absolute atomic E-state index is 0.0311. The zero-order chi connectivity index (χ0) is 23.0. The second-order valence-corrected chi connectivity index (χ2v) is 7.93. The van der Waals surface area contributed by atoms with E-state index in [0.717, 1.165) is 44.6 Å². The molecule has 3 nitrogen and oxygen atoms in total. The van der Waals surface area contributed by atoms with Crippen LogP contribution >= 0.6 is 0 Å². The van der Waals surface area contributed by atoms with Crippen LogP contribution in [0.4, 0.5) is 13.2 Å². The van der Waals surface area contributed by atoms with Gasteiger partial charge in [0.1, 0.15) is 5.76 Å². The predicted octanol–water partition coefficient (Wildman–Crippen LogP) is 7.54. The fourth-order valence-corrected chi connectivity index (χ4v) is 2.87. The van der Waals surface area contributed by atoms with Gasteiger partial charge in [-0.3, -0.25) is 0 Å². The molecule has 0 bridgehead atoms. The third kappa shape index (κ3) is 14.3. The molecule has 0 rings (SSSR count). The Labute approximate surface area is 180 Å². The first-order valence-electron chi connectivity index (χ1n) is 11.0. The fraction of sp³-hybridized carbons (Fsp3) is 0.708. The molecule has 0 aromatic carbocycles. The van der Waals surface area contributed by atoms with Crippen molar-refractivity contribution in [2.45, 2.75) is 85.2 Å². The molecule has 0 aliphatic heterocycles. The zero-order valence-electron chi connectivity index (χ0n) is 19.0. The smallest absolute Gasteiger partial charge is 0.392 e. The average molecular weight is 433 g/mol. The predicted molar refractivity (Wildman–Crippen MR) is 116 cm³/mol. The van der Waals surface area contributed by atoms with Crippen LogP contribution in [0.15, 0.2) is 36.1 Å². The molecular formula is C24H39F3O3. The number of hydrogen-bond acceptors (Lipinski definition) is 3. The highest BCUT2D eigenvalue weighted by molar-refractivity contribution is 5.92. The van der Waals surface area contributed by atoms with E-state index in [4.69, 9.17) is 9.47 Å². The quantitative estimate of drug-likeness (QED) is 0.0631. The maximum atomic E-state index is 12.8. The topological polar surface area (TPSA) is 35.5 Å². The van der Waals surface area contributed by atoms with Gasteiger partial charge < -0.3 is 9.47 Å². The molecule has 0 saturated carbocycles. The van der Waals surface area contributed by atoms with E-state index in [1.54, 1.807) is 6.08 Å². The number of rotatable bonds is 16. The number of ether oxygens (including phenoxy) is 2. The lowest BCUT2D eigenvalue weighted by Crippen LogP contribution is -2.18. The van der Waals surface area contributed by atoms with Gasteiger partial charge in [0.15, 0.2) is 0 Å². The molecule has 0 radical (unpaired) electrons. The first-order valence-corrected chi connectivity index (χ1v) is 11.0. The Bertz CT molecular complexity index is 550. The van der Waals surface area contributed by atoms with Crippen molar-refractivity contribution in [3.63, 3.8) is 0 Å². The Kier molecular flexibility index (Phi) is 15.1. The van der Waals surface area contributed by atoms with Crippen molar-refractivity contribution >= 4 is 5.97 Å². The molecule has 2 atom stereocenters. The van der Waals surface area contributed by atoms with Gasteiger partial charge in [-0.15, -0.1) is 6.58 Å². The molecule has 174 valence electrons. The number of esters is 1. The zero-order valence-corrected chi connectivity index (χ0v) is 19.0.